The number of thiocarbonyl (C=S) groups is 1. The molecule has 0 saturated heterocycles. The summed E-state index contributed by atoms with van der Waals surface area (Å²) >= 11 is 5.37. The summed E-state index contributed by atoms with van der Waals surface area (Å²) in [5.41, 5.74) is 5.16. The average molecular weight is 304 g/mol. The topological polar surface area (TPSA) is 41.9 Å². The van der Waals surface area contributed by atoms with E-state index < -0.39 is 0 Å². The molecule has 1 aromatic heterocycles. The Balaban J connectivity index is 1.87. The Hall–Kier alpha value is -1.62. The fourth-order valence-corrected chi connectivity index (χ4v) is 2.56. The monoisotopic (exact) mass is 304 g/mol. The van der Waals surface area contributed by atoms with Gasteiger partial charge in [-0.25, -0.2) is 9.66 Å². The maximum absolute atomic E-state index is 5.37. The number of nitrogens with one attached hydrogen (secondary N) is 2. The van der Waals surface area contributed by atoms with E-state index in [1.165, 1.54) is 25.7 Å². The lowest BCUT2D eigenvalue weighted by Gasteiger charge is -2.17. The molecule has 0 saturated carbocycles. The van der Waals surface area contributed by atoms with Crippen LogP contribution in [0.15, 0.2) is 30.6 Å². The van der Waals surface area contributed by atoms with Gasteiger partial charge in [-0.3, -0.25) is 5.43 Å². The molecule has 2 N–H and O–H groups in total. The van der Waals surface area contributed by atoms with Gasteiger partial charge < -0.3 is 5.32 Å². The van der Waals surface area contributed by atoms with E-state index in [1.54, 1.807) is 6.33 Å². The third-order valence-corrected chi connectivity index (χ3v) is 4.01. The lowest BCUT2D eigenvalue weighted by atomic mass is 9.99. The molecule has 5 heteroatoms. The lowest BCUT2D eigenvalue weighted by Crippen LogP contribution is -2.36. The molecule has 0 aliphatic rings. The maximum atomic E-state index is 5.37. The molecule has 2 aromatic rings. The SMILES string of the molecule is CCCC[C@H](CC)CNC(=S)Nn1cnc2ccccc21. The van der Waals surface area contributed by atoms with E-state index in [2.05, 4.69) is 29.6 Å². The minimum Gasteiger partial charge on any atom is -0.361 e. The van der Waals surface area contributed by atoms with Crippen molar-refractivity contribution in [3.63, 3.8) is 0 Å². The highest BCUT2D eigenvalue weighted by Crippen LogP contribution is 2.12. The van der Waals surface area contributed by atoms with Crippen LogP contribution < -0.4 is 10.7 Å². The zero-order valence-electron chi connectivity index (χ0n) is 12.8. The van der Waals surface area contributed by atoms with Crippen LogP contribution >= 0.6 is 12.2 Å². The van der Waals surface area contributed by atoms with E-state index in [-0.39, 0.29) is 0 Å². The molecule has 0 radical (unpaired) electrons. The molecule has 0 fully saturated rings. The summed E-state index contributed by atoms with van der Waals surface area (Å²) < 4.78 is 1.86. The lowest BCUT2D eigenvalue weighted by molar-refractivity contribution is 0.446. The first-order chi connectivity index (χ1) is 10.2. The van der Waals surface area contributed by atoms with Crippen molar-refractivity contribution in [2.45, 2.75) is 39.5 Å². The molecule has 1 aromatic carbocycles. The zero-order chi connectivity index (χ0) is 15.1. The molecule has 0 aliphatic heterocycles. The van der Waals surface area contributed by atoms with Crippen molar-refractivity contribution in [1.29, 1.82) is 0 Å². The number of rotatable bonds is 7. The quantitative estimate of drug-likeness (QED) is 0.766. The summed E-state index contributed by atoms with van der Waals surface area (Å²) in [6.45, 7) is 5.40. The number of benzene rings is 1. The Kier molecular flexibility index (Phi) is 5.99. The molecular formula is C16H24N4S. The van der Waals surface area contributed by atoms with Gasteiger partial charge in [0.2, 0.25) is 0 Å². The number of aromatic nitrogens is 2. The fraction of sp³-hybridized carbons (Fsp3) is 0.500. The minimum absolute atomic E-state index is 0.646. The molecule has 1 atom stereocenters. The van der Waals surface area contributed by atoms with E-state index in [1.807, 2.05) is 28.9 Å². The van der Waals surface area contributed by atoms with Gasteiger partial charge >= 0.3 is 0 Å². The second-order valence-electron chi connectivity index (χ2n) is 5.34. The molecule has 0 amide bonds. The first-order valence-electron chi connectivity index (χ1n) is 7.71. The molecule has 0 bridgehead atoms. The molecule has 4 nitrogen and oxygen atoms in total. The molecule has 2 rings (SSSR count). The van der Waals surface area contributed by atoms with Crippen molar-refractivity contribution in [2.24, 2.45) is 5.92 Å². The van der Waals surface area contributed by atoms with Gasteiger partial charge in [-0.2, -0.15) is 0 Å². The Bertz CT molecular complexity index is 578. The predicted molar refractivity (Wildman–Crippen MR) is 93.0 cm³/mol. The molecule has 114 valence electrons. The van der Waals surface area contributed by atoms with Crippen LogP contribution in [-0.4, -0.2) is 21.3 Å². The van der Waals surface area contributed by atoms with Crippen LogP contribution in [0.4, 0.5) is 0 Å². The van der Waals surface area contributed by atoms with Crippen LogP contribution in [-0.2, 0) is 0 Å². The van der Waals surface area contributed by atoms with Crippen LogP contribution in [0.3, 0.4) is 0 Å². The average Bonchev–Trinajstić information content (AvgIpc) is 2.91. The van der Waals surface area contributed by atoms with Crippen molar-refractivity contribution in [1.82, 2.24) is 15.0 Å². The van der Waals surface area contributed by atoms with E-state index >= 15 is 0 Å². The minimum atomic E-state index is 0.646. The largest absolute Gasteiger partial charge is 0.361 e. The first kappa shape index (κ1) is 15.8. The summed E-state index contributed by atoms with van der Waals surface area (Å²) in [6, 6.07) is 7.99. The molecule has 1 heterocycles. The number of para-hydroxylation sites is 2. The zero-order valence-corrected chi connectivity index (χ0v) is 13.6. The van der Waals surface area contributed by atoms with E-state index in [0.717, 1.165) is 17.6 Å². The number of nitrogens with zero attached hydrogens (tertiary/aromatic N) is 2. The summed E-state index contributed by atoms with van der Waals surface area (Å²) in [7, 11) is 0. The van der Waals surface area contributed by atoms with Crippen LogP contribution in [0.25, 0.3) is 11.0 Å². The standard InChI is InChI=1S/C16H24N4S/c1-3-5-8-13(4-2)11-17-16(21)19-20-12-18-14-9-6-7-10-15(14)20/h6-7,9-10,12-13H,3-5,8,11H2,1-2H3,(H2,17,19,21)/t13-/m0/s1. The molecule has 0 unspecified atom stereocenters. The fourth-order valence-electron chi connectivity index (χ4n) is 2.38. The Morgan fingerprint density at radius 2 is 2.14 bits per heavy atom. The van der Waals surface area contributed by atoms with Gasteiger partial charge in [-0.05, 0) is 36.7 Å². The Morgan fingerprint density at radius 3 is 2.90 bits per heavy atom. The Labute approximate surface area is 131 Å². The van der Waals surface area contributed by atoms with Crippen molar-refractivity contribution < 1.29 is 0 Å². The van der Waals surface area contributed by atoms with Crippen molar-refractivity contribution in [3.8, 4) is 0 Å². The molecule has 21 heavy (non-hydrogen) atoms. The third kappa shape index (κ3) is 4.43. The van der Waals surface area contributed by atoms with Gasteiger partial charge in [-0.15, -0.1) is 0 Å². The summed E-state index contributed by atoms with van der Waals surface area (Å²) in [5, 5.41) is 3.96. The number of fused-ring (bicyclic) bond motifs is 1. The number of hydrogen-bond donors (Lipinski definition) is 2. The smallest absolute Gasteiger partial charge is 0.185 e. The van der Waals surface area contributed by atoms with Gasteiger partial charge in [0.25, 0.3) is 0 Å². The third-order valence-electron chi connectivity index (χ3n) is 3.77. The van der Waals surface area contributed by atoms with Gasteiger partial charge in [-0.1, -0.05) is 45.2 Å². The van der Waals surface area contributed by atoms with Gasteiger partial charge in [0.15, 0.2) is 5.11 Å². The van der Waals surface area contributed by atoms with Crippen LogP contribution in [0, 0.1) is 5.92 Å². The Morgan fingerprint density at radius 1 is 1.33 bits per heavy atom. The van der Waals surface area contributed by atoms with Crippen LogP contribution in [0.1, 0.15) is 39.5 Å². The first-order valence-corrected chi connectivity index (χ1v) is 8.12. The maximum Gasteiger partial charge on any atom is 0.185 e. The molecule has 0 spiro atoms. The predicted octanol–water partition coefficient (Wildman–Crippen LogP) is 3.67. The highest BCUT2D eigenvalue weighted by atomic mass is 32.1. The van der Waals surface area contributed by atoms with E-state index in [9.17, 15) is 0 Å². The van der Waals surface area contributed by atoms with Crippen molar-refractivity contribution >= 4 is 28.4 Å². The second kappa shape index (κ2) is 7.98. The van der Waals surface area contributed by atoms with E-state index in [4.69, 9.17) is 12.2 Å². The van der Waals surface area contributed by atoms with Crippen molar-refractivity contribution in [3.05, 3.63) is 30.6 Å². The molecular weight excluding hydrogens is 280 g/mol. The normalized spacial score (nSPS) is 12.3. The number of hydrogen-bond acceptors (Lipinski definition) is 2. The number of unbranched alkanes of at least 4 members (excludes halogenated alkanes) is 1. The number of imidazole rings is 1. The summed E-state index contributed by atoms with van der Waals surface area (Å²) in [5.74, 6) is 0.684. The van der Waals surface area contributed by atoms with Crippen LogP contribution in [0.2, 0.25) is 0 Å². The van der Waals surface area contributed by atoms with Gasteiger partial charge in [0.05, 0.1) is 11.0 Å². The highest BCUT2D eigenvalue weighted by Gasteiger charge is 2.07. The highest BCUT2D eigenvalue weighted by molar-refractivity contribution is 7.80. The molecule has 0 aliphatic carbocycles. The van der Waals surface area contributed by atoms with Crippen molar-refractivity contribution in [2.75, 3.05) is 12.0 Å². The summed E-state index contributed by atoms with van der Waals surface area (Å²) in [6.07, 6.45) is 6.74. The van der Waals surface area contributed by atoms with Crippen LogP contribution in [0.5, 0.6) is 0 Å². The van der Waals surface area contributed by atoms with Gasteiger partial charge in [0.1, 0.15) is 6.33 Å². The summed E-state index contributed by atoms with van der Waals surface area (Å²) in [4.78, 5) is 4.34. The van der Waals surface area contributed by atoms with Gasteiger partial charge in [0, 0.05) is 6.54 Å². The second-order valence-corrected chi connectivity index (χ2v) is 5.75. The van der Waals surface area contributed by atoms with E-state index in [0.29, 0.717) is 11.0 Å².